The summed E-state index contributed by atoms with van der Waals surface area (Å²) in [6.07, 6.45) is 10.6. The second-order valence-electron chi connectivity index (χ2n) is 11.9. The van der Waals surface area contributed by atoms with Crippen LogP contribution < -0.4 is 0 Å². The summed E-state index contributed by atoms with van der Waals surface area (Å²) in [5, 5.41) is 10.5. The lowest BCUT2D eigenvalue weighted by Crippen LogP contribution is -2.59. The Morgan fingerprint density at radius 3 is 2.51 bits per heavy atom. The Hall–Kier alpha value is -1.80. The van der Waals surface area contributed by atoms with Gasteiger partial charge in [-0.25, -0.2) is 0 Å². The highest BCUT2D eigenvalue weighted by Gasteiger charge is 2.78. The molecular weight excluding hydrogens is 488 g/mol. The van der Waals surface area contributed by atoms with Gasteiger partial charge in [0.1, 0.15) is 12.6 Å². The molecule has 0 aromatic rings. The number of thioether (sulfide) groups is 1. The van der Waals surface area contributed by atoms with Crippen molar-refractivity contribution in [3.8, 4) is 0 Å². The summed E-state index contributed by atoms with van der Waals surface area (Å²) in [5.74, 6) is -1.65. The molecular formula is C29H44N2O5S. The monoisotopic (exact) mass is 532 g/mol. The maximum atomic E-state index is 14.6. The first-order chi connectivity index (χ1) is 17.6. The predicted octanol–water partition coefficient (Wildman–Crippen LogP) is 3.95. The van der Waals surface area contributed by atoms with E-state index in [1.807, 2.05) is 11.8 Å². The third-order valence-corrected chi connectivity index (χ3v) is 11.0. The minimum atomic E-state index is -0.716. The molecule has 1 saturated carbocycles. The first kappa shape index (κ1) is 28.2. The molecule has 3 aliphatic heterocycles. The Kier molecular flexibility index (Phi) is 8.49. The van der Waals surface area contributed by atoms with Crippen LogP contribution in [-0.2, 0) is 19.1 Å². The lowest BCUT2D eigenvalue weighted by molar-refractivity contribution is -0.155. The summed E-state index contributed by atoms with van der Waals surface area (Å²) in [4.78, 5) is 46.0. The minimum absolute atomic E-state index is 0.0540. The number of carbonyl (C=O) groups is 3. The number of nitrogens with zero attached hydrogens (tertiary/aromatic N) is 2. The van der Waals surface area contributed by atoms with Gasteiger partial charge in [-0.3, -0.25) is 14.4 Å². The smallest absolute Gasteiger partial charge is 0.311 e. The van der Waals surface area contributed by atoms with Gasteiger partial charge in [-0.1, -0.05) is 51.8 Å². The first-order valence-corrected chi connectivity index (χ1v) is 14.8. The Labute approximate surface area is 226 Å². The molecule has 0 aromatic carbocycles. The number of esters is 1. The molecule has 4 fully saturated rings. The molecule has 1 aliphatic carbocycles. The van der Waals surface area contributed by atoms with Gasteiger partial charge in [0.25, 0.3) is 0 Å². The molecule has 0 aromatic heterocycles. The molecule has 2 amide bonds. The van der Waals surface area contributed by atoms with Crippen LogP contribution in [0.15, 0.2) is 25.3 Å². The highest BCUT2D eigenvalue weighted by Crippen LogP contribution is 2.72. The van der Waals surface area contributed by atoms with Crippen molar-refractivity contribution in [2.75, 3.05) is 19.8 Å². The van der Waals surface area contributed by atoms with Crippen molar-refractivity contribution < 1.29 is 24.2 Å². The van der Waals surface area contributed by atoms with E-state index in [-0.39, 0.29) is 43.0 Å². The zero-order valence-electron chi connectivity index (χ0n) is 22.7. The Bertz CT molecular complexity index is 918. The molecule has 2 unspecified atom stereocenters. The SMILES string of the molecule is C=CCOC(=O)[C@H]1[C@H]2C(=O)N([C@@H](CO)CC(C)C)C(C(=O)N(CC=C)C3CCCCC3)C23CC[C@]1(C)S3. The van der Waals surface area contributed by atoms with Crippen molar-refractivity contribution in [2.24, 2.45) is 17.8 Å². The first-order valence-electron chi connectivity index (χ1n) is 14.0. The maximum Gasteiger partial charge on any atom is 0.311 e. The van der Waals surface area contributed by atoms with Crippen LogP contribution in [0, 0.1) is 17.8 Å². The molecule has 37 heavy (non-hydrogen) atoms. The number of aliphatic hydroxyl groups is 1. The number of amides is 2. The van der Waals surface area contributed by atoms with Crippen molar-refractivity contribution in [1.82, 2.24) is 9.80 Å². The van der Waals surface area contributed by atoms with E-state index in [1.54, 1.807) is 22.7 Å². The lowest BCUT2D eigenvalue weighted by atomic mass is 9.66. The average Bonchev–Trinajstić information content (AvgIpc) is 3.45. The van der Waals surface area contributed by atoms with Crippen molar-refractivity contribution >= 4 is 29.5 Å². The second kappa shape index (κ2) is 11.1. The molecule has 1 N–H and O–H groups in total. The van der Waals surface area contributed by atoms with Gasteiger partial charge in [-0.15, -0.1) is 18.3 Å². The molecule has 206 valence electrons. The molecule has 3 saturated heterocycles. The van der Waals surface area contributed by atoms with E-state index in [4.69, 9.17) is 4.74 Å². The zero-order chi connectivity index (χ0) is 27.0. The second-order valence-corrected chi connectivity index (χ2v) is 13.8. The summed E-state index contributed by atoms with van der Waals surface area (Å²) in [6.45, 7) is 14.1. The lowest BCUT2D eigenvalue weighted by Gasteiger charge is -2.42. The fourth-order valence-corrected chi connectivity index (χ4v) is 9.88. The van der Waals surface area contributed by atoms with Crippen molar-refractivity contribution in [3.05, 3.63) is 25.3 Å². The molecule has 0 radical (unpaired) electrons. The average molecular weight is 533 g/mol. The van der Waals surface area contributed by atoms with Gasteiger partial charge < -0.3 is 19.6 Å². The van der Waals surface area contributed by atoms with E-state index in [1.165, 1.54) is 12.5 Å². The molecule has 4 rings (SSSR count). The molecule has 8 heteroatoms. The van der Waals surface area contributed by atoms with Crippen LogP contribution in [0.5, 0.6) is 0 Å². The van der Waals surface area contributed by atoms with Gasteiger partial charge in [-0.05, 0) is 44.9 Å². The zero-order valence-corrected chi connectivity index (χ0v) is 23.5. The van der Waals surface area contributed by atoms with Gasteiger partial charge >= 0.3 is 5.97 Å². The van der Waals surface area contributed by atoms with Crippen molar-refractivity contribution in [1.29, 1.82) is 0 Å². The van der Waals surface area contributed by atoms with E-state index < -0.39 is 33.4 Å². The third-order valence-electron chi connectivity index (χ3n) is 9.02. The highest BCUT2D eigenvalue weighted by molar-refractivity contribution is 8.02. The quantitative estimate of drug-likeness (QED) is 0.320. The highest BCUT2D eigenvalue weighted by atomic mass is 32.2. The van der Waals surface area contributed by atoms with Crippen LogP contribution >= 0.6 is 11.8 Å². The summed E-state index contributed by atoms with van der Waals surface area (Å²) in [5.41, 5.74) is 0. The largest absolute Gasteiger partial charge is 0.461 e. The summed E-state index contributed by atoms with van der Waals surface area (Å²) in [7, 11) is 0. The number of hydrogen-bond donors (Lipinski definition) is 1. The number of likely N-dealkylation sites (tertiary alicyclic amines) is 1. The molecule has 3 heterocycles. The van der Waals surface area contributed by atoms with E-state index in [0.717, 1.165) is 32.1 Å². The Morgan fingerprint density at radius 1 is 1.22 bits per heavy atom. The Morgan fingerprint density at radius 2 is 1.92 bits per heavy atom. The van der Waals surface area contributed by atoms with Crippen molar-refractivity contribution in [3.63, 3.8) is 0 Å². The fourth-order valence-electron chi connectivity index (χ4n) is 7.55. The topological polar surface area (TPSA) is 87.1 Å². The van der Waals surface area contributed by atoms with E-state index in [2.05, 4.69) is 27.0 Å². The van der Waals surface area contributed by atoms with Crippen LogP contribution in [0.2, 0.25) is 0 Å². The van der Waals surface area contributed by atoms with Gasteiger partial charge in [0.15, 0.2) is 0 Å². The van der Waals surface area contributed by atoms with Gasteiger partial charge in [-0.2, -0.15) is 0 Å². The Balaban J connectivity index is 1.79. The van der Waals surface area contributed by atoms with Crippen LogP contribution in [0.3, 0.4) is 0 Å². The van der Waals surface area contributed by atoms with Crippen LogP contribution in [0.25, 0.3) is 0 Å². The maximum absolute atomic E-state index is 14.6. The summed E-state index contributed by atoms with van der Waals surface area (Å²) >= 11 is 1.65. The third kappa shape index (κ3) is 4.77. The number of hydrogen-bond acceptors (Lipinski definition) is 6. The van der Waals surface area contributed by atoms with Crippen molar-refractivity contribution in [2.45, 2.75) is 99.8 Å². The van der Waals surface area contributed by atoms with E-state index in [9.17, 15) is 19.5 Å². The van der Waals surface area contributed by atoms with E-state index in [0.29, 0.717) is 19.4 Å². The number of ether oxygens (including phenoxy) is 1. The van der Waals surface area contributed by atoms with Crippen LogP contribution in [0.1, 0.15) is 72.1 Å². The van der Waals surface area contributed by atoms with Crippen LogP contribution in [-0.4, -0.2) is 80.1 Å². The molecule has 7 nitrogen and oxygen atoms in total. The molecule has 6 atom stereocenters. The number of rotatable bonds is 11. The van der Waals surface area contributed by atoms with Gasteiger partial charge in [0.2, 0.25) is 11.8 Å². The summed E-state index contributed by atoms with van der Waals surface area (Å²) in [6, 6.07) is -1.07. The summed E-state index contributed by atoms with van der Waals surface area (Å²) < 4.78 is 4.33. The predicted molar refractivity (Wildman–Crippen MR) is 146 cm³/mol. The number of carbonyl (C=O) groups excluding carboxylic acids is 3. The normalized spacial score (nSPS) is 33.9. The number of fused-ring (bicyclic) bond motifs is 1. The fraction of sp³-hybridized carbons (Fsp3) is 0.759. The van der Waals surface area contributed by atoms with Gasteiger partial charge in [0, 0.05) is 17.3 Å². The molecule has 1 spiro atoms. The standard InChI is InChI=1S/C29H44N2O5S/c1-6-15-30(20-11-9-8-10-12-20)26(34)24-29-14-13-28(5,37-29)23(27(35)36-16-7-2)22(29)25(33)31(24)21(18-32)17-19(3)4/h6-7,19-24,32H,1-2,8-18H2,3-5H3/t21-,22+,23-,24?,28+,29?/m1/s1. The minimum Gasteiger partial charge on any atom is -0.461 e. The number of aliphatic hydroxyl groups excluding tert-OH is 1. The van der Waals surface area contributed by atoms with Gasteiger partial charge in [0.05, 0.1) is 29.2 Å². The molecule has 2 bridgehead atoms. The molecule has 4 aliphatic rings. The van der Waals surface area contributed by atoms with Crippen LogP contribution in [0.4, 0.5) is 0 Å². The van der Waals surface area contributed by atoms with E-state index >= 15 is 0 Å².